The van der Waals surface area contributed by atoms with E-state index in [0.29, 0.717) is 36.3 Å². The van der Waals surface area contributed by atoms with Crippen molar-refractivity contribution in [3.63, 3.8) is 0 Å². The lowest BCUT2D eigenvalue weighted by molar-refractivity contribution is -0.134. The van der Waals surface area contributed by atoms with Gasteiger partial charge in [-0.2, -0.15) is 0 Å². The van der Waals surface area contributed by atoms with Gasteiger partial charge in [0.25, 0.3) is 0 Å². The lowest BCUT2D eigenvalue weighted by Gasteiger charge is -2.34. The molecule has 0 bridgehead atoms. The monoisotopic (exact) mass is 335 g/mol. The molecule has 1 heterocycles. The minimum Gasteiger partial charge on any atom is -0.340 e. The molecule has 3 rings (SSSR count). The molecule has 1 aromatic rings. The Labute approximate surface area is 141 Å². The van der Waals surface area contributed by atoms with Crippen molar-refractivity contribution in [1.82, 2.24) is 9.80 Å². The van der Waals surface area contributed by atoms with Gasteiger partial charge in [-0.05, 0) is 24.5 Å². The molecular weight excluding hydrogens is 314 g/mol. The summed E-state index contributed by atoms with van der Waals surface area (Å²) in [4.78, 5) is 28.3. The number of halogens is 1. The Morgan fingerprint density at radius 3 is 2.48 bits per heavy atom. The van der Waals surface area contributed by atoms with Gasteiger partial charge < -0.3 is 10.2 Å². The van der Waals surface area contributed by atoms with Gasteiger partial charge in [0.15, 0.2) is 0 Å². The third-order valence-corrected chi connectivity index (χ3v) is 4.96. The van der Waals surface area contributed by atoms with Crippen molar-refractivity contribution in [3.8, 4) is 0 Å². The highest BCUT2D eigenvalue weighted by Gasteiger charge is 2.41. The number of amides is 2. The Kier molecular flexibility index (Phi) is 4.87. The fraction of sp³-hybridized carbons (Fsp3) is 0.529. The van der Waals surface area contributed by atoms with Crippen LogP contribution in [0.25, 0.3) is 0 Å². The molecule has 2 unspecified atom stereocenters. The van der Waals surface area contributed by atoms with Crippen LogP contribution in [0, 0.1) is 11.8 Å². The number of anilines is 1. The molecule has 2 atom stereocenters. The maximum Gasteiger partial charge on any atom is 0.238 e. The summed E-state index contributed by atoms with van der Waals surface area (Å²) in [5.41, 5.74) is 0.635. The first-order valence-electron chi connectivity index (χ1n) is 8.10. The number of hydrogen-bond donors (Lipinski definition) is 1. The van der Waals surface area contributed by atoms with E-state index in [0.717, 1.165) is 19.5 Å². The second kappa shape index (κ2) is 6.89. The molecule has 0 spiro atoms. The number of carbonyl (C=O) groups is 2. The molecule has 2 aliphatic rings. The summed E-state index contributed by atoms with van der Waals surface area (Å²) >= 11 is 6.04. The van der Waals surface area contributed by atoms with Gasteiger partial charge in [-0.3, -0.25) is 14.5 Å². The molecule has 0 aromatic heterocycles. The largest absolute Gasteiger partial charge is 0.340 e. The smallest absolute Gasteiger partial charge is 0.238 e. The number of piperazine rings is 1. The highest BCUT2D eigenvalue weighted by Crippen LogP contribution is 2.39. The quantitative estimate of drug-likeness (QED) is 0.916. The van der Waals surface area contributed by atoms with Gasteiger partial charge in [0.05, 0.1) is 17.3 Å². The van der Waals surface area contributed by atoms with Crippen molar-refractivity contribution >= 4 is 29.1 Å². The van der Waals surface area contributed by atoms with Crippen molar-refractivity contribution in [2.45, 2.75) is 13.3 Å². The predicted molar refractivity (Wildman–Crippen MR) is 90.4 cm³/mol. The van der Waals surface area contributed by atoms with Crippen LogP contribution in [0.2, 0.25) is 5.02 Å². The molecule has 23 heavy (non-hydrogen) atoms. The van der Waals surface area contributed by atoms with Crippen LogP contribution in [0.1, 0.15) is 13.3 Å². The fourth-order valence-corrected chi connectivity index (χ4v) is 3.17. The van der Waals surface area contributed by atoms with Gasteiger partial charge in [0.1, 0.15) is 0 Å². The summed E-state index contributed by atoms with van der Waals surface area (Å²) in [6.07, 6.45) is 1.03. The Bertz CT molecular complexity index is 599. The molecule has 6 heteroatoms. The van der Waals surface area contributed by atoms with Gasteiger partial charge in [0.2, 0.25) is 11.8 Å². The topological polar surface area (TPSA) is 52.7 Å². The standard InChI is InChI=1S/C17H22ClN3O2/c1-12-10-13(12)17(23)21-8-6-20(7-9-21)11-16(22)19-15-5-3-2-4-14(15)18/h2-5,12-13H,6-11H2,1H3,(H,19,22). The van der Waals surface area contributed by atoms with Crippen LogP contribution < -0.4 is 5.32 Å². The average Bonchev–Trinajstić information content (AvgIpc) is 3.26. The molecule has 1 saturated heterocycles. The molecule has 1 aromatic carbocycles. The van der Waals surface area contributed by atoms with E-state index in [1.807, 2.05) is 17.0 Å². The summed E-state index contributed by atoms with van der Waals surface area (Å²) in [6.45, 7) is 5.35. The van der Waals surface area contributed by atoms with Crippen molar-refractivity contribution in [3.05, 3.63) is 29.3 Å². The molecule has 2 amide bonds. The van der Waals surface area contributed by atoms with Crippen LogP contribution >= 0.6 is 11.6 Å². The zero-order valence-corrected chi connectivity index (χ0v) is 14.1. The molecule has 1 aliphatic heterocycles. The second-order valence-corrected chi connectivity index (χ2v) is 6.86. The molecule has 5 nitrogen and oxygen atoms in total. The first kappa shape index (κ1) is 16.3. The van der Waals surface area contributed by atoms with Gasteiger partial charge in [-0.1, -0.05) is 30.7 Å². The van der Waals surface area contributed by atoms with E-state index < -0.39 is 0 Å². The van der Waals surface area contributed by atoms with E-state index in [-0.39, 0.29) is 17.7 Å². The van der Waals surface area contributed by atoms with E-state index in [1.54, 1.807) is 12.1 Å². The summed E-state index contributed by atoms with van der Waals surface area (Å²) in [7, 11) is 0. The van der Waals surface area contributed by atoms with Crippen molar-refractivity contribution in [2.24, 2.45) is 11.8 Å². The highest BCUT2D eigenvalue weighted by atomic mass is 35.5. The van der Waals surface area contributed by atoms with E-state index in [1.165, 1.54) is 0 Å². The van der Waals surface area contributed by atoms with E-state index in [2.05, 4.69) is 17.1 Å². The number of nitrogens with one attached hydrogen (secondary N) is 1. The maximum absolute atomic E-state index is 12.2. The Balaban J connectivity index is 1.44. The minimum absolute atomic E-state index is 0.0753. The van der Waals surface area contributed by atoms with Crippen LogP contribution in [0.4, 0.5) is 5.69 Å². The van der Waals surface area contributed by atoms with Crippen molar-refractivity contribution in [1.29, 1.82) is 0 Å². The predicted octanol–water partition coefficient (Wildman–Crippen LogP) is 2.08. The zero-order valence-electron chi connectivity index (χ0n) is 13.3. The first-order chi connectivity index (χ1) is 11.0. The normalized spacial score (nSPS) is 24.3. The SMILES string of the molecule is CC1CC1C(=O)N1CCN(CC(=O)Nc2ccccc2Cl)CC1. The van der Waals surface area contributed by atoms with E-state index in [9.17, 15) is 9.59 Å². The zero-order chi connectivity index (χ0) is 16.4. The van der Waals surface area contributed by atoms with E-state index >= 15 is 0 Å². The first-order valence-corrected chi connectivity index (χ1v) is 8.48. The van der Waals surface area contributed by atoms with Gasteiger partial charge in [-0.15, -0.1) is 0 Å². The minimum atomic E-state index is -0.0753. The molecule has 1 aliphatic carbocycles. The van der Waals surface area contributed by atoms with Crippen LogP contribution in [0.15, 0.2) is 24.3 Å². The maximum atomic E-state index is 12.2. The summed E-state index contributed by atoms with van der Waals surface area (Å²) in [6, 6.07) is 7.20. The molecular formula is C17H22ClN3O2. The number of nitrogens with zero attached hydrogens (tertiary/aromatic N) is 2. The van der Waals surface area contributed by atoms with Gasteiger partial charge in [-0.25, -0.2) is 0 Å². The summed E-state index contributed by atoms with van der Waals surface area (Å²) < 4.78 is 0. The lowest BCUT2D eigenvalue weighted by atomic mass is 10.2. The van der Waals surface area contributed by atoms with Crippen LogP contribution in [-0.4, -0.2) is 54.3 Å². The van der Waals surface area contributed by atoms with Crippen LogP contribution in [0.3, 0.4) is 0 Å². The third-order valence-electron chi connectivity index (χ3n) is 4.63. The lowest BCUT2D eigenvalue weighted by Crippen LogP contribution is -2.51. The van der Waals surface area contributed by atoms with Crippen molar-refractivity contribution in [2.75, 3.05) is 38.0 Å². The Morgan fingerprint density at radius 2 is 1.87 bits per heavy atom. The van der Waals surface area contributed by atoms with Gasteiger partial charge >= 0.3 is 0 Å². The van der Waals surface area contributed by atoms with Gasteiger partial charge in [0, 0.05) is 32.1 Å². The molecule has 0 radical (unpaired) electrons. The van der Waals surface area contributed by atoms with E-state index in [4.69, 9.17) is 11.6 Å². The van der Waals surface area contributed by atoms with Crippen LogP contribution in [0.5, 0.6) is 0 Å². The number of hydrogen-bond acceptors (Lipinski definition) is 3. The number of carbonyl (C=O) groups excluding carboxylic acids is 2. The average molecular weight is 336 g/mol. The molecule has 1 N–H and O–H groups in total. The Morgan fingerprint density at radius 1 is 1.22 bits per heavy atom. The Hall–Kier alpha value is -1.59. The fourth-order valence-electron chi connectivity index (χ4n) is 2.98. The summed E-state index contributed by atoms with van der Waals surface area (Å²) in [5.74, 6) is 0.998. The summed E-state index contributed by atoms with van der Waals surface area (Å²) in [5, 5.41) is 3.37. The molecule has 1 saturated carbocycles. The van der Waals surface area contributed by atoms with Crippen LogP contribution in [-0.2, 0) is 9.59 Å². The number of para-hydroxylation sites is 1. The third kappa shape index (κ3) is 4.03. The molecule has 124 valence electrons. The number of benzene rings is 1. The van der Waals surface area contributed by atoms with Crippen molar-refractivity contribution < 1.29 is 9.59 Å². The number of rotatable bonds is 4. The molecule has 2 fully saturated rings. The highest BCUT2D eigenvalue weighted by molar-refractivity contribution is 6.33. The second-order valence-electron chi connectivity index (χ2n) is 6.45.